The fraction of sp³-hybridized carbons (Fsp3) is 0.368. The van der Waals surface area contributed by atoms with Gasteiger partial charge >= 0.3 is 0 Å². The average molecular weight is 358 g/mol. The first kappa shape index (κ1) is 17.8. The third kappa shape index (κ3) is 3.51. The number of carboxylic acids is 1. The smallest absolute Gasteiger partial charge is 0.255 e. The van der Waals surface area contributed by atoms with Gasteiger partial charge in [0, 0.05) is 5.56 Å². The van der Waals surface area contributed by atoms with Crippen LogP contribution >= 0.6 is 0 Å². The largest absolute Gasteiger partial charge is 0.548 e. The Morgan fingerprint density at radius 1 is 1.12 bits per heavy atom. The van der Waals surface area contributed by atoms with Crippen molar-refractivity contribution in [2.45, 2.75) is 26.8 Å². The minimum absolute atomic E-state index is 0.279. The van der Waals surface area contributed by atoms with Crippen molar-refractivity contribution >= 4 is 11.9 Å². The SMILES string of the molecule is Cc1oc(-c2ccc3c(c2)OCCO3)cc1C(=O)NC(C(=O)[O-])C(C)C. The molecule has 0 fully saturated rings. The topological polar surface area (TPSA) is 101 Å². The summed E-state index contributed by atoms with van der Waals surface area (Å²) in [6.07, 6.45) is 0. The molecule has 1 aromatic heterocycles. The van der Waals surface area contributed by atoms with Gasteiger partial charge in [-0.15, -0.1) is 0 Å². The molecular formula is C19H20NO6-. The van der Waals surface area contributed by atoms with Crippen molar-refractivity contribution in [1.82, 2.24) is 5.32 Å². The number of carbonyl (C=O) groups excluding carboxylic acids is 2. The van der Waals surface area contributed by atoms with Crippen LogP contribution in [0.3, 0.4) is 0 Å². The Labute approximate surface area is 150 Å². The number of rotatable bonds is 5. The molecule has 0 saturated carbocycles. The maximum absolute atomic E-state index is 12.5. The van der Waals surface area contributed by atoms with E-state index in [2.05, 4.69) is 5.32 Å². The van der Waals surface area contributed by atoms with E-state index in [0.29, 0.717) is 36.2 Å². The first-order valence-corrected chi connectivity index (χ1v) is 8.39. The zero-order valence-electron chi connectivity index (χ0n) is 14.8. The lowest BCUT2D eigenvalue weighted by Gasteiger charge is -2.22. The second-order valence-corrected chi connectivity index (χ2v) is 6.45. The Morgan fingerprint density at radius 3 is 2.46 bits per heavy atom. The Bertz CT molecular complexity index is 839. The van der Waals surface area contributed by atoms with Gasteiger partial charge in [-0.3, -0.25) is 4.79 Å². The number of amides is 1. The summed E-state index contributed by atoms with van der Waals surface area (Å²) < 4.78 is 16.7. The number of carboxylic acid groups (broad SMARTS) is 1. The number of aliphatic carboxylic acids is 1. The molecule has 138 valence electrons. The fourth-order valence-corrected chi connectivity index (χ4v) is 2.76. The lowest BCUT2D eigenvalue weighted by Crippen LogP contribution is -2.50. The lowest BCUT2D eigenvalue weighted by atomic mass is 10.0. The number of furan rings is 1. The fourth-order valence-electron chi connectivity index (χ4n) is 2.76. The number of nitrogens with one attached hydrogen (secondary N) is 1. The van der Waals surface area contributed by atoms with Crippen molar-refractivity contribution in [3.63, 3.8) is 0 Å². The predicted molar refractivity (Wildman–Crippen MR) is 91.0 cm³/mol. The third-order valence-corrected chi connectivity index (χ3v) is 4.20. The first-order valence-electron chi connectivity index (χ1n) is 8.39. The summed E-state index contributed by atoms with van der Waals surface area (Å²) in [5.41, 5.74) is 1.01. The van der Waals surface area contributed by atoms with Crippen LogP contribution in [0, 0.1) is 12.8 Å². The molecule has 1 N–H and O–H groups in total. The predicted octanol–water partition coefficient (Wildman–Crippen LogP) is 1.53. The molecule has 0 aliphatic carbocycles. The molecule has 0 spiro atoms. The van der Waals surface area contributed by atoms with Crippen molar-refractivity contribution in [2.75, 3.05) is 13.2 Å². The van der Waals surface area contributed by atoms with E-state index in [-0.39, 0.29) is 11.5 Å². The molecule has 1 unspecified atom stereocenters. The standard InChI is InChI=1S/C19H21NO6/c1-10(2)17(19(22)23)20-18(21)13-9-15(26-11(13)3)12-4-5-14-16(8-12)25-7-6-24-14/h4-5,8-10,17H,6-7H2,1-3H3,(H,20,21)(H,22,23)/p-1. The third-order valence-electron chi connectivity index (χ3n) is 4.20. The van der Waals surface area contributed by atoms with Crippen LogP contribution in [0.2, 0.25) is 0 Å². The van der Waals surface area contributed by atoms with Crippen LogP contribution in [0.1, 0.15) is 30.0 Å². The van der Waals surface area contributed by atoms with Gasteiger partial charge < -0.3 is 29.1 Å². The van der Waals surface area contributed by atoms with Crippen LogP contribution in [0.4, 0.5) is 0 Å². The molecule has 7 nitrogen and oxygen atoms in total. The number of hydrogen-bond acceptors (Lipinski definition) is 6. The number of carbonyl (C=O) groups is 2. The molecule has 1 aliphatic heterocycles. The van der Waals surface area contributed by atoms with Gasteiger partial charge in [-0.25, -0.2) is 0 Å². The van der Waals surface area contributed by atoms with Gasteiger partial charge in [0.2, 0.25) is 0 Å². The zero-order valence-corrected chi connectivity index (χ0v) is 14.8. The molecule has 0 saturated heterocycles. The summed E-state index contributed by atoms with van der Waals surface area (Å²) in [5, 5.41) is 13.7. The highest BCUT2D eigenvalue weighted by Crippen LogP contribution is 2.35. The molecule has 1 amide bonds. The van der Waals surface area contributed by atoms with Crippen molar-refractivity contribution in [3.05, 3.63) is 35.6 Å². The van der Waals surface area contributed by atoms with Crippen molar-refractivity contribution in [2.24, 2.45) is 5.92 Å². The van der Waals surface area contributed by atoms with Crippen LogP contribution in [0.15, 0.2) is 28.7 Å². The highest BCUT2D eigenvalue weighted by Gasteiger charge is 2.22. The first-order chi connectivity index (χ1) is 12.4. The average Bonchev–Trinajstić information content (AvgIpc) is 3.00. The van der Waals surface area contributed by atoms with Gasteiger partial charge in [0.25, 0.3) is 5.91 Å². The normalized spacial score (nSPS) is 14.2. The highest BCUT2D eigenvalue weighted by molar-refractivity contribution is 5.98. The Hall–Kier alpha value is -2.96. The number of fused-ring (bicyclic) bond motifs is 1. The number of aryl methyl sites for hydroxylation is 1. The highest BCUT2D eigenvalue weighted by atomic mass is 16.6. The molecule has 2 aromatic rings. The van der Waals surface area contributed by atoms with E-state index in [1.165, 1.54) is 0 Å². The van der Waals surface area contributed by atoms with Crippen LogP contribution in [-0.2, 0) is 4.79 Å². The second kappa shape index (κ2) is 7.11. The lowest BCUT2D eigenvalue weighted by molar-refractivity contribution is -0.309. The summed E-state index contributed by atoms with van der Waals surface area (Å²) in [7, 11) is 0. The Kier molecular flexibility index (Phi) is 4.88. The van der Waals surface area contributed by atoms with Gasteiger partial charge in [-0.1, -0.05) is 13.8 Å². The van der Waals surface area contributed by atoms with E-state index < -0.39 is 17.9 Å². The minimum Gasteiger partial charge on any atom is -0.548 e. The zero-order chi connectivity index (χ0) is 18.8. The van der Waals surface area contributed by atoms with E-state index >= 15 is 0 Å². The van der Waals surface area contributed by atoms with Crippen molar-refractivity contribution in [3.8, 4) is 22.8 Å². The number of hydrogen-bond donors (Lipinski definition) is 1. The van der Waals surface area contributed by atoms with E-state index in [1.807, 2.05) is 6.07 Å². The summed E-state index contributed by atoms with van der Waals surface area (Å²) >= 11 is 0. The van der Waals surface area contributed by atoms with E-state index in [0.717, 1.165) is 5.56 Å². The molecule has 0 bridgehead atoms. The Morgan fingerprint density at radius 2 is 1.81 bits per heavy atom. The van der Waals surface area contributed by atoms with Gasteiger partial charge in [-0.05, 0) is 37.1 Å². The molecule has 2 heterocycles. The molecule has 26 heavy (non-hydrogen) atoms. The van der Waals surface area contributed by atoms with Crippen molar-refractivity contribution < 1.29 is 28.6 Å². The number of ether oxygens (including phenoxy) is 2. The van der Waals surface area contributed by atoms with Gasteiger partial charge in [0.1, 0.15) is 24.7 Å². The summed E-state index contributed by atoms with van der Waals surface area (Å²) in [6, 6.07) is 5.89. The minimum atomic E-state index is -1.32. The molecule has 3 rings (SSSR count). The van der Waals surface area contributed by atoms with Crippen LogP contribution in [0.5, 0.6) is 11.5 Å². The molecule has 1 aliphatic rings. The maximum Gasteiger partial charge on any atom is 0.255 e. The van der Waals surface area contributed by atoms with Gasteiger partial charge in [0.15, 0.2) is 11.5 Å². The molecule has 1 atom stereocenters. The molecular weight excluding hydrogens is 338 g/mol. The van der Waals surface area contributed by atoms with Crippen molar-refractivity contribution in [1.29, 1.82) is 0 Å². The van der Waals surface area contributed by atoms with Crippen LogP contribution < -0.4 is 19.9 Å². The van der Waals surface area contributed by atoms with Gasteiger partial charge in [-0.2, -0.15) is 0 Å². The Balaban J connectivity index is 1.85. The summed E-state index contributed by atoms with van der Waals surface area (Å²) in [4.78, 5) is 23.6. The van der Waals surface area contributed by atoms with Crippen LogP contribution in [-0.4, -0.2) is 31.1 Å². The van der Waals surface area contributed by atoms with E-state index in [1.54, 1.807) is 39.0 Å². The quantitative estimate of drug-likeness (QED) is 0.870. The summed E-state index contributed by atoms with van der Waals surface area (Å²) in [6.45, 7) is 6.03. The molecule has 1 aromatic carbocycles. The van der Waals surface area contributed by atoms with E-state index in [9.17, 15) is 14.7 Å². The van der Waals surface area contributed by atoms with Gasteiger partial charge in [0.05, 0.1) is 17.6 Å². The van der Waals surface area contributed by atoms with Crippen LogP contribution in [0.25, 0.3) is 11.3 Å². The second-order valence-electron chi connectivity index (χ2n) is 6.45. The number of benzene rings is 1. The monoisotopic (exact) mass is 358 g/mol. The van der Waals surface area contributed by atoms with E-state index in [4.69, 9.17) is 13.9 Å². The molecule has 7 heteroatoms. The maximum atomic E-state index is 12.5. The summed E-state index contributed by atoms with van der Waals surface area (Å²) in [5.74, 6) is 0.0287. The molecule has 0 radical (unpaired) electrons.